The molecule has 0 rings (SSSR count). The predicted octanol–water partition coefficient (Wildman–Crippen LogP) is -1.85. The van der Waals surface area contributed by atoms with Crippen molar-refractivity contribution in [1.29, 1.82) is 0 Å². The second-order valence-corrected chi connectivity index (χ2v) is 1.75. The summed E-state index contributed by atoms with van der Waals surface area (Å²) in [7, 11) is 0. The van der Waals surface area contributed by atoms with E-state index in [0.717, 1.165) is 0 Å². The summed E-state index contributed by atoms with van der Waals surface area (Å²) in [6.45, 7) is 1.77. The molecule has 0 aromatic carbocycles. The third-order valence-electron chi connectivity index (χ3n) is 0.688. The Morgan fingerprint density at radius 1 is 1.78 bits per heavy atom. The van der Waals surface area contributed by atoms with Gasteiger partial charge in [0.1, 0.15) is 0 Å². The monoisotopic (exact) mass is 132 g/mol. The van der Waals surface area contributed by atoms with Crippen LogP contribution in [-0.4, -0.2) is 23.7 Å². The molecule has 0 radical (unpaired) electrons. The van der Waals surface area contributed by atoms with Gasteiger partial charge in [0.2, 0.25) is 5.96 Å². The molecular weight excluding hydrogens is 120 g/mol. The Morgan fingerprint density at radius 3 is 2.67 bits per heavy atom. The van der Waals surface area contributed by atoms with E-state index in [1.165, 1.54) is 0 Å². The van der Waals surface area contributed by atoms with E-state index >= 15 is 0 Å². The molecule has 6 N–H and O–H groups in total. The third-order valence-corrected chi connectivity index (χ3v) is 0.688. The maximum Gasteiger partial charge on any atom is 0.208 e. The van der Waals surface area contributed by atoms with Gasteiger partial charge in [0.15, 0.2) is 0 Å². The number of aliphatic hydroxyl groups is 1. The van der Waals surface area contributed by atoms with Crippen LogP contribution in [0.5, 0.6) is 0 Å². The first kappa shape index (κ1) is 8.03. The van der Waals surface area contributed by atoms with E-state index in [-0.39, 0.29) is 18.6 Å². The molecule has 0 aliphatic heterocycles. The molecule has 0 amide bonds. The highest BCUT2D eigenvalue weighted by atomic mass is 16.3. The number of nitrogens with zero attached hydrogens (tertiary/aromatic N) is 1. The molecule has 0 unspecified atom stereocenters. The first-order valence-corrected chi connectivity index (χ1v) is 2.62. The molecule has 0 spiro atoms. The summed E-state index contributed by atoms with van der Waals surface area (Å²) in [5.41, 5.74) is 12.5. The average molecular weight is 132 g/mol. The predicted molar refractivity (Wildman–Crippen MR) is 35.5 cm³/mol. The van der Waals surface area contributed by atoms with Gasteiger partial charge in [0.05, 0.1) is 12.6 Å². The van der Waals surface area contributed by atoms with Gasteiger partial charge in [-0.1, -0.05) is 0 Å². The summed E-state index contributed by atoms with van der Waals surface area (Å²) in [5.74, 6) is -0.0321. The molecule has 0 aliphatic rings. The molecule has 0 saturated heterocycles. The Kier molecular flexibility index (Phi) is 3.54. The van der Waals surface area contributed by atoms with E-state index in [9.17, 15) is 0 Å². The fraction of sp³-hybridized carbons (Fsp3) is 0.750. The number of aliphatic hydroxyl groups excluding tert-OH is 1. The van der Waals surface area contributed by atoms with Crippen LogP contribution in [0.15, 0.2) is 5.10 Å². The smallest absolute Gasteiger partial charge is 0.208 e. The SMILES string of the molecule is C[C@@H](CO)NN=C(N)N. The van der Waals surface area contributed by atoms with Gasteiger partial charge in [0, 0.05) is 0 Å². The zero-order chi connectivity index (χ0) is 7.28. The van der Waals surface area contributed by atoms with Crippen molar-refractivity contribution < 1.29 is 5.11 Å². The largest absolute Gasteiger partial charge is 0.394 e. The lowest BCUT2D eigenvalue weighted by atomic mass is 10.4. The van der Waals surface area contributed by atoms with Crippen molar-refractivity contribution in [3.63, 3.8) is 0 Å². The Morgan fingerprint density at radius 2 is 2.33 bits per heavy atom. The number of nitrogens with two attached hydrogens (primary N) is 2. The number of rotatable bonds is 3. The van der Waals surface area contributed by atoms with Gasteiger partial charge < -0.3 is 22.0 Å². The van der Waals surface area contributed by atoms with E-state index in [2.05, 4.69) is 10.5 Å². The first-order chi connectivity index (χ1) is 4.16. The molecule has 5 heteroatoms. The third kappa shape index (κ3) is 4.89. The Labute approximate surface area is 53.7 Å². The molecule has 0 heterocycles. The lowest BCUT2D eigenvalue weighted by molar-refractivity contribution is 0.253. The number of nitrogens with one attached hydrogen (secondary N) is 1. The maximum absolute atomic E-state index is 8.43. The molecule has 0 aliphatic carbocycles. The number of guanidine groups is 1. The topological polar surface area (TPSA) is 96.7 Å². The summed E-state index contributed by atoms with van der Waals surface area (Å²) >= 11 is 0. The van der Waals surface area contributed by atoms with E-state index in [4.69, 9.17) is 16.6 Å². The van der Waals surface area contributed by atoms with Crippen molar-refractivity contribution in [2.75, 3.05) is 6.61 Å². The summed E-state index contributed by atoms with van der Waals surface area (Å²) in [5, 5.41) is 11.9. The molecule has 0 bridgehead atoms. The van der Waals surface area contributed by atoms with Crippen LogP contribution in [0, 0.1) is 0 Å². The summed E-state index contributed by atoms with van der Waals surface area (Å²) in [6.07, 6.45) is 0. The van der Waals surface area contributed by atoms with Gasteiger partial charge in [-0.05, 0) is 6.92 Å². The lowest BCUT2D eigenvalue weighted by Gasteiger charge is -2.05. The van der Waals surface area contributed by atoms with Gasteiger partial charge >= 0.3 is 0 Å². The van der Waals surface area contributed by atoms with E-state index < -0.39 is 0 Å². The second kappa shape index (κ2) is 3.96. The Hall–Kier alpha value is -0.970. The molecule has 9 heavy (non-hydrogen) atoms. The van der Waals surface area contributed by atoms with Gasteiger partial charge in [-0.3, -0.25) is 0 Å². The van der Waals surface area contributed by atoms with Crippen LogP contribution in [0.1, 0.15) is 6.92 Å². The van der Waals surface area contributed by atoms with Crippen molar-refractivity contribution >= 4 is 5.96 Å². The van der Waals surface area contributed by atoms with E-state index in [0.29, 0.717) is 0 Å². The van der Waals surface area contributed by atoms with Crippen molar-refractivity contribution in [3.8, 4) is 0 Å². The van der Waals surface area contributed by atoms with Gasteiger partial charge in [-0.2, -0.15) is 0 Å². The summed E-state index contributed by atoms with van der Waals surface area (Å²) in [6, 6.07) is -0.105. The molecule has 0 aromatic heterocycles. The molecule has 5 nitrogen and oxygen atoms in total. The van der Waals surface area contributed by atoms with Crippen molar-refractivity contribution in [1.82, 2.24) is 5.43 Å². The van der Waals surface area contributed by atoms with Gasteiger partial charge in [0.25, 0.3) is 0 Å². The quantitative estimate of drug-likeness (QED) is 0.206. The number of hydrogen-bond acceptors (Lipinski definition) is 3. The van der Waals surface area contributed by atoms with Crippen LogP contribution in [0.4, 0.5) is 0 Å². The Balaban J connectivity index is 3.37. The molecule has 0 fully saturated rings. The summed E-state index contributed by atoms with van der Waals surface area (Å²) in [4.78, 5) is 0. The molecule has 0 aromatic rings. The van der Waals surface area contributed by atoms with Gasteiger partial charge in [-0.15, -0.1) is 5.10 Å². The van der Waals surface area contributed by atoms with Crippen LogP contribution in [0.3, 0.4) is 0 Å². The fourth-order valence-corrected chi connectivity index (χ4v) is 0.226. The highest BCUT2D eigenvalue weighted by Crippen LogP contribution is 1.74. The second-order valence-electron chi connectivity index (χ2n) is 1.75. The molecular formula is C4H12N4O. The average Bonchev–Trinajstić information content (AvgIpc) is 1.83. The van der Waals surface area contributed by atoms with Crippen LogP contribution >= 0.6 is 0 Å². The van der Waals surface area contributed by atoms with Crippen LogP contribution in [0.2, 0.25) is 0 Å². The minimum atomic E-state index is -0.105. The maximum atomic E-state index is 8.43. The van der Waals surface area contributed by atoms with Crippen LogP contribution in [-0.2, 0) is 0 Å². The normalized spacial score (nSPS) is 12.2. The molecule has 1 atom stereocenters. The first-order valence-electron chi connectivity index (χ1n) is 2.62. The lowest BCUT2D eigenvalue weighted by Crippen LogP contribution is -2.31. The fourth-order valence-electron chi connectivity index (χ4n) is 0.226. The van der Waals surface area contributed by atoms with E-state index in [1.54, 1.807) is 6.92 Å². The zero-order valence-electron chi connectivity index (χ0n) is 5.33. The van der Waals surface area contributed by atoms with E-state index in [1.807, 2.05) is 0 Å². The van der Waals surface area contributed by atoms with Crippen LogP contribution < -0.4 is 16.9 Å². The minimum Gasteiger partial charge on any atom is -0.394 e. The van der Waals surface area contributed by atoms with Crippen molar-refractivity contribution in [3.05, 3.63) is 0 Å². The van der Waals surface area contributed by atoms with Gasteiger partial charge in [-0.25, -0.2) is 0 Å². The number of hydrazone groups is 1. The number of hydrogen-bond donors (Lipinski definition) is 4. The highest BCUT2D eigenvalue weighted by molar-refractivity contribution is 5.75. The molecule has 54 valence electrons. The standard InChI is InChI=1S/C4H12N4O/c1-3(2-9)7-8-4(5)6/h3,7,9H,2H2,1H3,(H4,5,6,8)/t3-/m0/s1. The van der Waals surface area contributed by atoms with Crippen molar-refractivity contribution in [2.24, 2.45) is 16.6 Å². The minimum absolute atomic E-state index is 0.0107. The highest BCUT2D eigenvalue weighted by Gasteiger charge is 1.93. The summed E-state index contributed by atoms with van der Waals surface area (Å²) < 4.78 is 0. The zero-order valence-corrected chi connectivity index (χ0v) is 5.33. The van der Waals surface area contributed by atoms with Crippen LogP contribution in [0.25, 0.3) is 0 Å². The molecule has 0 saturated carbocycles. The van der Waals surface area contributed by atoms with Crippen molar-refractivity contribution in [2.45, 2.75) is 13.0 Å². The Bertz CT molecular complexity index is 98.7.